The lowest BCUT2D eigenvalue weighted by molar-refractivity contribution is -0.907. The van der Waals surface area contributed by atoms with Gasteiger partial charge in [0.25, 0.3) is 0 Å². The number of rotatable bonds is 2. The highest BCUT2D eigenvalue weighted by atomic mass is 16.5. The molecule has 1 aromatic rings. The van der Waals surface area contributed by atoms with Crippen LogP contribution in [0.25, 0.3) is 0 Å². The number of benzene rings is 1. The third-order valence-corrected chi connectivity index (χ3v) is 7.45. The third kappa shape index (κ3) is 3.70. The van der Waals surface area contributed by atoms with E-state index < -0.39 is 0 Å². The monoisotopic (exact) mass is 382 g/mol. The molecule has 3 heterocycles. The molecule has 2 fully saturated rings. The quantitative estimate of drug-likeness (QED) is 0.523. The molecule has 0 bridgehead atoms. The second-order valence-electron chi connectivity index (χ2n) is 9.81. The molecular weight excluding hydrogens is 346 g/mol. The summed E-state index contributed by atoms with van der Waals surface area (Å²) in [5.74, 6) is 8.44. The van der Waals surface area contributed by atoms with Crippen molar-refractivity contribution in [2.75, 3.05) is 26.7 Å². The van der Waals surface area contributed by atoms with E-state index in [1.807, 2.05) is 0 Å². The van der Waals surface area contributed by atoms with Gasteiger partial charge in [-0.05, 0) is 64.4 Å². The fraction of sp³-hybridized carbons (Fsp3) is 0.680. The van der Waals surface area contributed by atoms with E-state index in [-0.39, 0.29) is 17.3 Å². The van der Waals surface area contributed by atoms with E-state index in [4.69, 9.17) is 9.47 Å². The van der Waals surface area contributed by atoms with Crippen molar-refractivity contribution in [1.29, 1.82) is 0 Å². The Bertz CT molecular complexity index is 772. The fourth-order valence-electron chi connectivity index (χ4n) is 5.32. The number of ether oxygens (including phenoxy) is 2. The Morgan fingerprint density at radius 1 is 1.14 bits per heavy atom. The molecular formula is C25H36NO2+. The maximum Gasteiger partial charge on any atom is 0.140 e. The molecule has 0 aliphatic carbocycles. The van der Waals surface area contributed by atoms with Crippen LogP contribution in [0.2, 0.25) is 0 Å². The Hall–Kier alpha value is -1.50. The van der Waals surface area contributed by atoms with Crippen LogP contribution in [0.5, 0.6) is 5.75 Å². The molecule has 3 aliphatic heterocycles. The van der Waals surface area contributed by atoms with Crippen molar-refractivity contribution in [1.82, 2.24) is 0 Å². The van der Waals surface area contributed by atoms with Gasteiger partial charge in [0.05, 0.1) is 26.2 Å². The maximum atomic E-state index is 6.76. The van der Waals surface area contributed by atoms with Crippen molar-refractivity contribution in [2.45, 2.75) is 76.6 Å². The summed E-state index contributed by atoms with van der Waals surface area (Å²) < 4.78 is 14.3. The predicted octanol–water partition coefficient (Wildman–Crippen LogP) is 5.11. The normalized spacial score (nSPS) is 36.3. The lowest BCUT2D eigenvalue weighted by Crippen LogP contribution is -2.52. The molecule has 0 spiro atoms. The summed E-state index contributed by atoms with van der Waals surface area (Å²) in [6.07, 6.45) is 7.19. The summed E-state index contributed by atoms with van der Waals surface area (Å²) >= 11 is 0. The lowest BCUT2D eigenvalue weighted by atomic mass is 9.71. The van der Waals surface area contributed by atoms with Crippen LogP contribution in [0.1, 0.15) is 71.0 Å². The van der Waals surface area contributed by atoms with E-state index in [9.17, 15) is 0 Å². The highest BCUT2D eigenvalue weighted by Gasteiger charge is 2.51. The van der Waals surface area contributed by atoms with Gasteiger partial charge >= 0.3 is 0 Å². The molecule has 0 amide bonds. The Morgan fingerprint density at radius 2 is 1.89 bits per heavy atom. The minimum Gasteiger partial charge on any atom is -0.487 e. The smallest absolute Gasteiger partial charge is 0.140 e. The zero-order chi connectivity index (χ0) is 19.8. The number of nitrogens with zero attached hydrogens (tertiary/aromatic N) is 1. The van der Waals surface area contributed by atoms with Gasteiger partial charge < -0.3 is 14.0 Å². The van der Waals surface area contributed by atoms with E-state index >= 15 is 0 Å². The molecule has 1 aromatic carbocycles. The summed E-state index contributed by atoms with van der Waals surface area (Å²) in [4.78, 5) is 0. The van der Waals surface area contributed by atoms with Crippen molar-refractivity contribution in [2.24, 2.45) is 5.92 Å². The second-order valence-corrected chi connectivity index (χ2v) is 9.81. The van der Waals surface area contributed by atoms with E-state index in [1.54, 1.807) is 0 Å². The number of para-hydroxylation sites is 1. The molecule has 4 unspecified atom stereocenters. The first kappa shape index (κ1) is 19.8. The largest absolute Gasteiger partial charge is 0.487 e. The van der Waals surface area contributed by atoms with Crippen LogP contribution in [0.4, 0.5) is 0 Å². The number of hydrogen-bond donors (Lipinski definition) is 0. The molecule has 28 heavy (non-hydrogen) atoms. The second kappa shape index (κ2) is 7.39. The van der Waals surface area contributed by atoms with Gasteiger partial charge in [-0.3, -0.25) is 0 Å². The molecule has 2 saturated heterocycles. The molecule has 0 saturated carbocycles. The summed E-state index contributed by atoms with van der Waals surface area (Å²) in [7, 11) is 2.36. The minimum absolute atomic E-state index is 0.0720. The number of quaternary nitrogens is 1. The predicted molar refractivity (Wildman–Crippen MR) is 113 cm³/mol. The zero-order valence-electron chi connectivity index (χ0n) is 18.1. The summed E-state index contributed by atoms with van der Waals surface area (Å²) in [6, 6.07) is 8.40. The molecule has 0 radical (unpaired) electrons. The van der Waals surface area contributed by atoms with Crippen LogP contribution in [0, 0.1) is 17.8 Å². The van der Waals surface area contributed by atoms with E-state index in [2.05, 4.69) is 63.9 Å². The van der Waals surface area contributed by atoms with E-state index in [0.29, 0.717) is 5.92 Å². The first-order valence-electron chi connectivity index (χ1n) is 11.2. The summed E-state index contributed by atoms with van der Waals surface area (Å²) in [5, 5.41) is 0. The highest BCUT2D eigenvalue weighted by molar-refractivity contribution is 5.39. The van der Waals surface area contributed by atoms with Crippen LogP contribution in [0.3, 0.4) is 0 Å². The molecule has 3 aliphatic rings. The molecule has 152 valence electrons. The molecule has 4 rings (SSSR count). The van der Waals surface area contributed by atoms with Crippen molar-refractivity contribution >= 4 is 0 Å². The van der Waals surface area contributed by atoms with Crippen molar-refractivity contribution in [3.63, 3.8) is 0 Å². The summed E-state index contributed by atoms with van der Waals surface area (Å²) in [5.41, 5.74) is 0.663. The average molecular weight is 383 g/mol. The van der Waals surface area contributed by atoms with Crippen molar-refractivity contribution in [3.05, 3.63) is 29.8 Å². The molecule has 3 nitrogen and oxygen atoms in total. The Labute approximate surface area is 171 Å². The van der Waals surface area contributed by atoms with Gasteiger partial charge in [-0.1, -0.05) is 31.0 Å². The topological polar surface area (TPSA) is 18.5 Å². The third-order valence-electron chi connectivity index (χ3n) is 7.45. The molecule has 0 N–H and O–H groups in total. The number of fused-ring (bicyclic) bond motifs is 3. The fourth-order valence-corrected chi connectivity index (χ4v) is 5.32. The highest BCUT2D eigenvalue weighted by Crippen LogP contribution is 2.53. The van der Waals surface area contributed by atoms with Crippen LogP contribution in [-0.2, 0) is 4.74 Å². The number of hydrogen-bond acceptors (Lipinski definition) is 2. The molecule has 4 atom stereocenters. The van der Waals surface area contributed by atoms with Crippen LogP contribution in [0.15, 0.2) is 24.3 Å². The van der Waals surface area contributed by atoms with Crippen LogP contribution < -0.4 is 4.74 Å². The first-order valence-corrected chi connectivity index (χ1v) is 11.2. The van der Waals surface area contributed by atoms with Gasteiger partial charge in [0.15, 0.2) is 0 Å². The van der Waals surface area contributed by atoms with Crippen LogP contribution in [-0.4, -0.2) is 42.4 Å². The standard InChI is InChI=1S/C25H36NO2/c1-5-25(3)21-14-16-24(2,15-11-19-26(4)17-9-6-10-18-26)28-23(21)20-12-7-8-13-22(20)27-25/h7-8,12-13,21,23H,5-6,9-10,14,16-19H2,1-4H3/q+1. The van der Waals surface area contributed by atoms with Gasteiger partial charge in [-0.2, -0.15) is 0 Å². The van der Waals surface area contributed by atoms with Crippen molar-refractivity contribution in [3.8, 4) is 17.6 Å². The van der Waals surface area contributed by atoms with Gasteiger partial charge in [-0.25, -0.2) is 0 Å². The Balaban J connectivity index is 1.55. The maximum absolute atomic E-state index is 6.76. The lowest BCUT2D eigenvalue weighted by Gasteiger charge is -2.51. The van der Waals surface area contributed by atoms with Gasteiger partial charge in [-0.15, -0.1) is 0 Å². The van der Waals surface area contributed by atoms with Gasteiger partial charge in [0.2, 0.25) is 0 Å². The first-order chi connectivity index (χ1) is 13.4. The van der Waals surface area contributed by atoms with Gasteiger partial charge in [0.1, 0.15) is 23.5 Å². The minimum atomic E-state index is -0.366. The number of likely N-dealkylation sites (tertiary alicyclic amines) is 1. The Morgan fingerprint density at radius 3 is 2.64 bits per heavy atom. The van der Waals surface area contributed by atoms with Crippen molar-refractivity contribution < 1.29 is 14.0 Å². The van der Waals surface area contributed by atoms with E-state index in [1.165, 1.54) is 37.9 Å². The Kier molecular flexibility index (Phi) is 5.23. The number of piperidine rings is 1. The van der Waals surface area contributed by atoms with Gasteiger partial charge in [0, 0.05) is 11.5 Å². The van der Waals surface area contributed by atoms with E-state index in [0.717, 1.165) is 36.0 Å². The average Bonchev–Trinajstić information content (AvgIpc) is 2.68. The van der Waals surface area contributed by atoms with Crippen LogP contribution >= 0.6 is 0 Å². The SMILES string of the molecule is CCC1(C)Oc2ccccc2C2OC(C)(C#CC[N+]3(C)CCCCC3)CCC21. The molecule has 0 aromatic heterocycles. The molecule has 3 heteroatoms. The summed E-state index contributed by atoms with van der Waals surface area (Å²) in [6.45, 7) is 10.1. The zero-order valence-corrected chi connectivity index (χ0v) is 18.1.